The lowest BCUT2D eigenvalue weighted by atomic mass is 10.1. The Morgan fingerprint density at radius 2 is 2.21 bits per heavy atom. The lowest BCUT2D eigenvalue weighted by molar-refractivity contribution is 0.153. The molecule has 0 radical (unpaired) electrons. The van der Waals surface area contributed by atoms with Crippen molar-refractivity contribution in [1.29, 1.82) is 0 Å². The van der Waals surface area contributed by atoms with Crippen molar-refractivity contribution in [2.24, 2.45) is 5.73 Å². The highest BCUT2D eigenvalue weighted by molar-refractivity contribution is 5.50. The van der Waals surface area contributed by atoms with E-state index in [1.54, 1.807) is 6.92 Å². The van der Waals surface area contributed by atoms with E-state index in [1.165, 1.54) is 0 Å². The number of pyridine rings is 1. The number of hydrogen-bond acceptors (Lipinski definition) is 2. The van der Waals surface area contributed by atoms with E-state index in [9.17, 15) is 5.11 Å². The van der Waals surface area contributed by atoms with Crippen molar-refractivity contribution < 1.29 is 5.11 Å². The molecule has 0 saturated carbocycles. The van der Waals surface area contributed by atoms with Crippen LogP contribution in [-0.2, 0) is 0 Å². The Bertz CT molecular complexity index is 401. The van der Waals surface area contributed by atoms with Gasteiger partial charge in [-0.25, -0.2) is 0 Å². The minimum Gasteiger partial charge on any atom is -0.387 e. The number of aliphatic hydroxyl groups excluding tert-OH is 1. The summed E-state index contributed by atoms with van der Waals surface area (Å²) in [5.41, 5.74) is 7.57. The van der Waals surface area contributed by atoms with Crippen molar-refractivity contribution in [1.82, 2.24) is 4.40 Å². The van der Waals surface area contributed by atoms with Gasteiger partial charge in [-0.15, -0.1) is 0 Å². The first kappa shape index (κ1) is 9.24. The van der Waals surface area contributed by atoms with Gasteiger partial charge in [-0.05, 0) is 25.1 Å². The molecule has 0 saturated heterocycles. The summed E-state index contributed by atoms with van der Waals surface area (Å²) in [4.78, 5) is 0. The molecule has 1 unspecified atom stereocenters. The van der Waals surface area contributed by atoms with Gasteiger partial charge in [0.25, 0.3) is 0 Å². The van der Waals surface area contributed by atoms with E-state index >= 15 is 0 Å². The van der Waals surface area contributed by atoms with Gasteiger partial charge in [-0.1, -0.05) is 6.07 Å². The first-order chi connectivity index (χ1) is 6.68. The predicted molar refractivity (Wildman–Crippen MR) is 56.0 cm³/mol. The highest BCUT2D eigenvalue weighted by atomic mass is 16.3. The van der Waals surface area contributed by atoms with Gasteiger partial charge in [0.05, 0.1) is 6.10 Å². The molecule has 0 aliphatic heterocycles. The highest BCUT2D eigenvalue weighted by Crippen LogP contribution is 2.18. The van der Waals surface area contributed by atoms with Crippen LogP contribution >= 0.6 is 0 Å². The van der Waals surface area contributed by atoms with E-state index in [0.717, 1.165) is 11.1 Å². The number of nitrogens with two attached hydrogens (primary N) is 1. The lowest BCUT2D eigenvalue weighted by Crippen LogP contribution is -2.23. The van der Waals surface area contributed by atoms with Crippen LogP contribution in [0.1, 0.15) is 18.6 Å². The van der Waals surface area contributed by atoms with E-state index in [-0.39, 0.29) is 6.04 Å². The standard InChI is InChI=1S/C11H14N2O/c1-8(12)11(14)9-6-10-4-2-3-5-13(10)7-9/h2-8,11,14H,12H2,1H3/t8?,11-/m1/s1. The van der Waals surface area contributed by atoms with Gasteiger partial charge in [0.2, 0.25) is 0 Å². The second kappa shape index (κ2) is 3.44. The summed E-state index contributed by atoms with van der Waals surface area (Å²) >= 11 is 0. The van der Waals surface area contributed by atoms with Gasteiger partial charge in [-0.3, -0.25) is 0 Å². The molecule has 3 heteroatoms. The minimum atomic E-state index is -0.588. The number of nitrogens with zero attached hydrogens (tertiary/aromatic N) is 1. The molecule has 0 aliphatic carbocycles. The van der Waals surface area contributed by atoms with Crippen LogP contribution in [0.3, 0.4) is 0 Å². The fraction of sp³-hybridized carbons (Fsp3) is 0.273. The molecule has 0 aromatic carbocycles. The Balaban J connectivity index is 2.45. The van der Waals surface area contributed by atoms with E-state index in [2.05, 4.69) is 0 Å². The largest absolute Gasteiger partial charge is 0.387 e. The average molecular weight is 190 g/mol. The summed E-state index contributed by atoms with van der Waals surface area (Å²) in [6.45, 7) is 1.80. The van der Waals surface area contributed by atoms with Crippen molar-refractivity contribution >= 4 is 5.52 Å². The van der Waals surface area contributed by atoms with Crippen molar-refractivity contribution in [3.05, 3.63) is 42.2 Å². The zero-order chi connectivity index (χ0) is 10.1. The molecular formula is C11H14N2O. The first-order valence-electron chi connectivity index (χ1n) is 4.69. The summed E-state index contributed by atoms with van der Waals surface area (Å²) in [7, 11) is 0. The van der Waals surface area contributed by atoms with Crippen molar-refractivity contribution in [2.75, 3.05) is 0 Å². The molecule has 2 rings (SSSR count). The van der Waals surface area contributed by atoms with Crippen molar-refractivity contribution in [3.63, 3.8) is 0 Å². The number of aliphatic hydroxyl groups is 1. The quantitative estimate of drug-likeness (QED) is 0.750. The first-order valence-corrected chi connectivity index (χ1v) is 4.69. The van der Waals surface area contributed by atoms with E-state index in [4.69, 9.17) is 5.73 Å². The maximum Gasteiger partial charge on any atom is 0.0953 e. The smallest absolute Gasteiger partial charge is 0.0953 e. The minimum absolute atomic E-state index is 0.243. The Hall–Kier alpha value is -1.32. The third-order valence-electron chi connectivity index (χ3n) is 2.37. The van der Waals surface area contributed by atoms with Gasteiger partial charge in [0.1, 0.15) is 0 Å². The Labute approximate surface area is 82.8 Å². The monoisotopic (exact) mass is 190 g/mol. The third-order valence-corrected chi connectivity index (χ3v) is 2.37. The van der Waals surface area contributed by atoms with Gasteiger partial charge >= 0.3 is 0 Å². The maximum atomic E-state index is 9.76. The highest BCUT2D eigenvalue weighted by Gasteiger charge is 2.13. The number of hydrogen-bond donors (Lipinski definition) is 2. The molecular weight excluding hydrogens is 176 g/mol. The number of rotatable bonds is 2. The number of fused-ring (bicyclic) bond motifs is 1. The fourth-order valence-corrected chi connectivity index (χ4v) is 1.54. The molecule has 2 aromatic rings. The van der Waals surface area contributed by atoms with Gasteiger partial charge in [0.15, 0.2) is 0 Å². The molecule has 0 amide bonds. The zero-order valence-corrected chi connectivity index (χ0v) is 8.09. The van der Waals surface area contributed by atoms with Gasteiger partial charge in [-0.2, -0.15) is 0 Å². The Kier molecular flexibility index (Phi) is 2.27. The number of aromatic nitrogens is 1. The molecule has 14 heavy (non-hydrogen) atoms. The molecule has 0 aliphatic rings. The molecule has 2 atom stereocenters. The van der Waals surface area contributed by atoms with E-state index in [1.807, 2.05) is 41.1 Å². The normalized spacial score (nSPS) is 15.6. The van der Waals surface area contributed by atoms with Crippen molar-refractivity contribution in [3.8, 4) is 0 Å². The molecule has 0 spiro atoms. The maximum absolute atomic E-state index is 9.76. The van der Waals surface area contributed by atoms with Crippen LogP contribution in [0.25, 0.3) is 5.52 Å². The van der Waals surface area contributed by atoms with Gasteiger partial charge < -0.3 is 15.2 Å². The molecule has 74 valence electrons. The van der Waals surface area contributed by atoms with Gasteiger partial charge in [0, 0.05) is 29.5 Å². The van der Waals surface area contributed by atoms with Crippen LogP contribution in [-0.4, -0.2) is 15.5 Å². The summed E-state index contributed by atoms with van der Waals surface area (Å²) in [5.74, 6) is 0. The Morgan fingerprint density at radius 1 is 1.43 bits per heavy atom. The van der Waals surface area contributed by atoms with E-state index < -0.39 is 6.10 Å². The SMILES string of the molecule is CC(N)[C@@H](O)c1cc2ccccn2c1. The summed E-state index contributed by atoms with van der Waals surface area (Å²) < 4.78 is 1.97. The molecule has 3 nitrogen and oxygen atoms in total. The summed E-state index contributed by atoms with van der Waals surface area (Å²) in [6.07, 6.45) is 3.27. The molecule has 0 fully saturated rings. The van der Waals surface area contributed by atoms with Crippen LogP contribution in [0.2, 0.25) is 0 Å². The van der Waals surface area contributed by atoms with Crippen LogP contribution in [0.5, 0.6) is 0 Å². The second-order valence-electron chi connectivity index (χ2n) is 3.61. The predicted octanol–water partition coefficient (Wildman–Crippen LogP) is 1.32. The molecule has 2 heterocycles. The topological polar surface area (TPSA) is 50.7 Å². The van der Waals surface area contributed by atoms with Crippen LogP contribution in [0.15, 0.2) is 36.7 Å². The van der Waals surface area contributed by atoms with E-state index in [0.29, 0.717) is 0 Å². The fourth-order valence-electron chi connectivity index (χ4n) is 1.54. The average Bonchev–Trinajstić information content (AvgIpc) is 2.59. The Morgan fingerprint density at radius 3 is 2.86 bits per heavy atom. The van der Waals surface area contributed by atoms with Crippen LogP contribution in [0.4, 0.5) is 0 Å². The molecule has 3 N–H and O–H groups in total. The molecule has 0 bridgehead atoms. The lowest BCUT2D eigenvalue weighted by Gasteiger charge is -2.11. The third kappa shape index (κ3) is 1.52. The van der Waals surface area contributed by atoms with Crippen LogP contribution < -0.4 is 5.73 Å². The summed E-state index contributed by atoms with van der Waals surface area (Å²) in [5, 5.41) is 9.76. The van der Waals surface area contributed by atoms with Crippen molar-refractivity contribution in [2.45, 2.75) is 19.1 Å². The van der Waals surface area contributed by atoms with Crippen LogP contribution in [0, 0.1) is 0 Å². The molecule has 2 aromatic heterocycles. The zero-order valence-electron chi connectivity index (χ0n) is 8.09. The summed E-state index contributed by atoms with van der Waals surface area (Å²) in [6, 6.07) is 7.63. The second-order valence-corrected chi connectivity index (χ2v) is 3.61.